The lowest BCUT2D eigenvalue weighted by atomic mass is 10.2. The van der Waals surface area contributed by atoms with Gasteiger partial charge in [0.05, 0.1) is 0 Å². The van der Waals surface area contributed by atoms with Crippen molar-refractivity contribution in [1.29, 1.82) is 0 Å². The Bertz CT molecular complexity index is 569. The van der Waals surface area contributed by atoms with Crippen molar-refractivity contribution >= 4 is 5.95 Å². The second-order valence-corrected chi connectivity index (χ2v) is 4.74. The van der Waals surface area contributed by atoms with Crippen molar-refractivity contribution in [3.63, 3.8) is 0 Å². The molecule has 0 aliphatic heterocycles. The summed E-state index contributed by atoms with van der Waals surface area (Å²) in [6.45, 7) is 0. The van der Waals surface area contributed by atoms with Crippen molar-refractivity contribution < 1.29 is 4.74 Å². The predicted molar refractivity (Wildman–Crippen MR) is 72.1 cm³/mol. The summed E-state index contributed by atoms with van der Waals surface area (Å²) in [6.07, 6.45) is 2.24. The summed E-state index contributed by atoms with van der Waals surface area (Å²) in [7, 11) is 1.69. The van der Waals surface area contributed by atoms with Gasteiger partial charge in [-0.1, -0.05) is 30.3 Å². The Hall–Kier alpha value is -2.01. The first kappa shape index (κ1) is 12.0. The number of rotatable bonds is 4. The van der Waals surface area contributed by atoms with Crippen LogP contribution in [-0.2, 0) is 4.74 Å². The van der Waals surface area contributed by atoms with Crippen molar-refractivity contribution in [3.8, 4) is 11.4 Å². The van der Waals surface area contributed by atoms with E-state index >= 15 is 0 Å². The molecule has 3 rings (SSSR count). The van der Waals surface area contributed by atoms with Gasteiger partial charge in [0.15, 0.2) is 11.6 Å². The number of hydrogen-bond acceptors (Lipinski definition) is 5. The molecule has 1 aromatic carbocycles. The van der Waals surface area contributed by atoms with E-state index in [0.717, 1.165) is 18.4 Å². The maximum absolute atomic E-state index is 5.79. The van der Waals surface area contributed by atoms with Crippen LogP contribution in [0.25, 0.3) is 11.4 Å². The molecule has 0 amide bonds. The number of methoxy groups -OCH3 is 1. The predicted octanol–water partition coefficient (Wildman–Crippen LogP) is 2.22. The lowest BCUT2D eigenvalue weighted by molar-refractivity contribution is 0.0772. The molecule has 1 fully saturated rings. The number of nitrogens with zero attached hydrogens (tertiary/aromatic N) is 3. The summed E-state index contributed by atoms with van der Waals surface area (Å²) in [5.41, 5.74) is 6.73. The van der Waals surface area contributed by atoms with Gasteiger partial charge in [0.1, 0.15) is 6.10 Å². The maximum Gasteiger partial charge on any atom is 0.223 e. The molecule has 19 heavy (non-hydrogen) atoms. The maximum atomic E-state index is 5.79. The molecule has 0 spiro atoms. The van der Waals surface area contributed by atoms with E-state index in [0.29, 0.717) is 17.6 Å². The Kier molecular flexibility index (Phi) is 3.13. The van der Waals surface area contributed by atoms with E-state index in [9.17, 15) is 0 Å². The van der Waals surface area contributed by atoms with Crippen LogP contribution in [0.15, 0.2) is 30.3 Å². The highest BCUT2D eigenvalue weighted by Crippen LogP contribution is 2.42. The van der Waals surface area contributed by atoms with E-state index in [4.69, 9.17) is 10.5 Å². The normalized spacial score (nSPS) is 16.3. The molecule has 0 bridgehead atoms. The fourth-order valence-corrected chi connectivity index (χ4v) is 2.16. The van der Waals surface area contributed by atoms with Crippen LogP contribution >= 0.6 is 0 Å². The smallest absolute Gasteiger partial charge is 0.223 e. The third-order valence-corrected chi connectivity index (χ3v) is 3.26. The highest BCUT2D eigenvalue weighted by atomic mass is 16.5. The topological polar surface area (TPSA) is 73.9 Å². The fraction of sp³-hybridized carbons (Fsp3) is 0.357. The van der Waals surface area contributed by atoms with Crippen LogP contribution in [0.4, 0.5) is 5.95 Å². The first-order chi connectivity index (χ1) is 9.28. The molecular formula is C14H16N4O. The molecule has 1 aliphatic rings. The number of benzene rings is 1. The number of nitrogen functional groups attached to an aromatic ring is 1. The standard InChI is InChI=1S/C14H16N4O/c1-19-11(9-7-8-9)13-16-12(17-14(15)18-13)10-5-3-2-4-6-10/h2-6,9,11H,7-8H2,1H3,(H2,15,16,17,18). The average molecular weight is 256 g/mol. The van der Waals surface area contributed by atoms with Gasteiger partial charge >= 0.3 is 0 Å². The van der Waals surface area contributed by atoms with Crippen LogP contribution in [0.5, 0.6) is 0 Å². The van der Waals surface area contributed by atoms with Gasteiger partial charge in [-0.2, -0.15) is 9.97 Å². The SMILES string of the molecule is COC(c1nc(N)nc(-c2ccccc2)n1)C1CC1. The van der Waals surface area contributed by atoms with Crippen molar-refractivity contribution in [3.05, 3.63) is 36.2 Å². The molecule has 1 unspecified atom stereocenters. The summed E-state index contributed by atoms with van der Waals surface area (Å²) >= 11 is 0. The van der Waals surface area contributed by atoms with E-state index in [2.05, 4.69) is 15.0 Å². The molecule has 1 aliphatic carbocycles. The highest BCUT2D eigenvalue weighted by Gasteiger charge is 2.34. The highest BCUT2D eigenvalue weighted by molar-refractivity contribution is 5.55. The molecule has 0 radical (unpaired) electrons. The first-order valence-electron chi connectivity index (χ1n) is 6.37. The van der Waals surface area contributed by atoms with Crippen LogP contribution in [0, 0.1) is 5.92 Å². The van der Waals surface area contributed by atoms with Crippen LogP contribution in [0.3, 0.4) is 0 Å². The van der Waals surface area contributed by atoms with E-state index < -0.39 is 0 Å². The summed E-state index contributed by atoms with van der Waals surface area (Å²) in [6, 6.07) is 9.76. The third-order valence-electron chi connectivity index (χ3n) is 3.26. The van der Waals surface area contributed by atoms with Gasteiger partial charge in [-0.25, -0.2) is 4.98 Å². The van der Waals surface area contributed by atoms with Gasteiger partial charge in [-0.05, 0) is 18.8 Å². The fourth-order valence-electron chi connectivity index (χ4n) is 2.16. The van der Waals surface area contributed by atoms with Crippen molar-refractivity contribution in [2.24, 2.45) is 5.92 Å². The minimum atomic E-state index is -0.0761. The lowest BCUT2D eigenvalue weighted by Crippen LogP contribution is -2.12. The van der Waals surface area contributed by atoms with Crippen molar-refractivity contribution in [1.82, 2.24) is 15.0 Å². The Morgan fingerprint density at radius 1 is 1.16 bits per heavy atom. The van der Waals surface area contributed by atoms with Crippen LogP contribution in [0.1, 0.15) is 24.8 Å². The molecule has 2 N–H and O–H groups in total. The summed E-state index contributed by atoms with van der Waals surface area (Å²) < 4.78 is 5.50. The molecule has 98 valence electrons. The molecule has 2 aromatic rings. The first-order valence-corrected chi connectivity index (χ1v) is 6.37. The Morgan fingerprint density at radius 2 is 1.89 bits per heavy atom. The van der Waals surface area contributed by atoms with Crippen LogP contribution in [-0.4, -0.2) is 22.1 Å². The average Bonchev–Trinajstić information content (AvgIpc) is 3.25. The van der Waals surface area contributed by atoms with Gasteiger partial charge in [0.2, 0.25) is 5.95 Å². The Balaban J connectivity index is 2.00. The minimum Gasteiger partial charge on any atom is -0.373 e. The van der Waals surface area contributed by atoms with Gasteiger partial charge in [-0.15, -0.1) is 0 Å². The molecule has 1 atom stereocenters. The number of ether oxygens (including phenoxy) is 1. The molecular weight excluding hydrogens is 240 g/mol. The number of aromatic nitrogens is 3. The molecule has 1 saturated carbocycles. The van der Waals surface area contributed by atoms with E-state index in [-0.39, 0.29) is 12.1 Å². The zero-order valence-electron chi connectivity index (χ0n) is 10.8. The van der Waals surface area contributed by atoms with Crippen LogP contribution < -0.4 is 5.73 Å². The molecule has 5 heteroatoms. The quantitative estimate of drug-likeness (QED) is 0.907. The monoisotopic (exact) mass is 256 g/mol. The number of anilines is 1. The van der Waals surface area contributed by atoms with Crippen LogP contribution in [0.2, 0.25) is 0 Å². The van der Waals surface area contributed by atoms with E-state index in [1.165, 1.54) is 0 Å². The second kappa shape index (κ2) is 4.93. The van der Waals surface area contributed by atoms with Gasteiger partial charge in [0.25, 0.3) is 0 Å². The third kappa shape index (κ3) is 2.56. The van der Waals surface area contributed by atoms with E-state index in [1.807, 2.05) is 30.3 Å². The van der Waals surface area contributed by atoms with Crippen molar-refractivity contribution in [2.45, 2.75) is 18.9 Å². The molecule has 0 saturated heterocycles. The Morgan fingerprint density at radius 3 is 2.53 bits per heavy atom. The molecule has 1 aromatic heterocycles. The van der Waals surface area contributed by atoms with Gasteiger partial charge < -0.3 is 10.5 Å². The molecule has 1 heterocycles. The Labute approximate surface area is 111 Å². The largest absolute Gasteiger partial charge is 0.373 e. The van der Waals surface area contributed by atoms with E-state index in [1.54, 1.807) is 7.11 Å². The molecule has 5 nitrogen and oxygen atoms in total. The lowest BCUT2D eigenvalue weighted by Gasteiger charge is -2.13. The van der Waals surface area contributed by atoms with Gasteiger partial charge in [-0.3, -0.25) is 0 Å². The van der Waals surface area contributed by atoms with Crippen molar-refractivity contribution in [2.75, 3.05) is 12.8 Å². The summed E-state index contributed by atoms with van der Waals surface area (Å²) in [4.78, 5) is 12.9. The zero-order chi connectivity index (χ0) is 13.2. The minimum absolute atomic E-state index is 0.0761. The van der Waals surface area contributed by atoms with Gasteiger partial charge in [0, 0.05) is 12.7 Å². The number of nitrogens with two attached hydrogens (primary N) is 1. The zero-order valence-corrected chi connectivity index (χ0v) is 10.8. The number of hydrogen-bond donors (Lipinski definition) is 1. The summed E-state index contributed by atoms with van der Waals surface area (Å²) in [5.74, 6) is 1.99. The second-order valence-electron chi connectivity index (χ2n) is 4.74. The summed E-state index contributed by atoms with van der Waals surface area (Å²) in [5, 5.41) is 0.